The van der Waals surface area contributed by atoms with Crippen molar-refractivity contribution in [2.75, 3.05) is 75.2 Å². The maximum absolute atomic E-state index is 13.0. The molecule has 0 bridgehead atoms. The van der Waals surface area contributed by atoms with Crippen molar-refractivity contribution >= 4 is 52.2 Å². The molecule has 13 nitrogen and oxygen atoms in total. The lowest BCUT2D eigenvalue weighted by molar-refractivity contribution is -0.114. The lowest BCUT2D eigenvalue weighted by atomic mass is 10.2. The number of methoxy groups -OCH3 is 1. The molecule has 4 rings (SSSR count). The predicted molar refractivity (Wildman–Crippen MR) is 179 cm³/mol. The number of carbonyl (C=O) groups is 1. The molecule has 3 heterocycles. The number of carbonyl (C=O) groups excluding carboxylic acids is 1. The van der Waals surface area contributed by atoms with Gasteiger partial charge in [0.2, 0.25) is 0 Å². The number of hydrogen-bond donors (Lipinski definition) is 2. The van der Waals surface area contributed by atoms with E-state index in [1.807, 2.05) is 24.3 Å². The van der Waals surface area contributed by atoms with E-state index < -0.39 is 0 Å². The van der Waals surface area contributed by atoms with Gasteiger partial charge in [0.05, 0.1) is 38.0 Å². The Morgan fingerprint density at radius 1 is 0.891 bits per heavy atom. The molecule has 244 valence electrons. The van der Waals surface area contributed by atoms with Crippen molar-refractivity contribution in [1.29, 1.82) is 0 Å². The first kappa shape index (κ1) is 34.4. The monoisotopic (exact) mass is 670 g/mol. The Morgan fingerprint density at radius 3 is 2.28 bits per heavy atom. The van der Waals surface area contributed by atoms with Crippen LogP contribution in [0.1, 0.15) is 11.4 Å². The number of amides is 1. The maximum atomic E-state index is 13.0. The van der Waals surface area contributed by atoms with Crippen molar-refractivity contribution in [2.45, 2.75) is 0 Å². The summed E-state index contributed by atoms with van der Waals surface area (Å²) in [7, 11) is 3.26. The summed E-state index contributed by atoms with van der Waals surface area (Å²) in [6.45, 7) is 3.26. The van der Waals surface area contributed by atoms with Gasteiger partial charge in [0, 0.05) is 57.0 Å². The van der Waals surface area contributed by atoms with E-state index in [0.29, 0.717) is 91.5 Å². The summed E-state index contributed by atoms with van der Waals surface area (Å²) in [4.78, 5) is 25.3. The topological polar surface area (TPSA) is 135 Å². The number of benzene rings is 1. The minimum Gasteiger partial charge on any atom is -0.490 e. The quantitative estimate of drug-likeness (QED) is 0.0895. The van der Waals surface area contributed by atoms with Crippen LogP contribution in [0.5, 0.6) is 11.5 Å². The number of hydrazone groups is 2. The fourth-order valence-corrected chi connectivity index (χ4v) is 4.53. The number of rotatable bonds is 18. The highest BCUT2D eigenvalue weighted by atomic mass is 35.5. The fraction of sp³-hybridized carbons (Fsp3) is 0.323. The highest BCUT2D eigenvalue weighted by Crippen LogP contribution is 2.21. The van der Waals surface area contributed by atoms with E-state index in [2.05, 4.69) is 35.9 Å². The summed E-state index contributed by atoms with van der Waals surface area (Å²) in [5.74, 6) is 2.57. The van der Waals surface area contributed by atoms with Gasteiger partial charge in [-0.15, -0.1) is 23.2 Å². The molecule has 0 fully saturated rings. The highest BCUT2D eigenvalue weighted by molar-refractivity contribution is 6.18. The maximum Gasteiger partial charge on any atom is 0.253 e. The molecular weight excluding hydrogens is 635 g/mol. The number of pyridine rings is 2. The van der Waals surface area contributed by atoms with Crippen molar-refractivity contribution in [3.63, 3.8) is 0 Å². The van der Waals surface area contributed by atoms with E-state index in [9.17, 15) is 4.79 Å². The van der Waals surface area contributed by atoms with Crippen LogP contribution in [0.2, 0.25) is 0 Å². The van der Waals surface area contributed by atoms with Gasteiger partial charge in [0.1, 0.15) is 29.5 Å². The Kier molecular flexibility index (Phi) is 13.9. The molecule has 1 aliphatic heterocycles. The summed E-state index contributed by atoms with van der Waals surface area (Å²) < 4.78 is 21.6. The van der Waals surface area contributed by atoms with Crippen LogP contribution in [-0.2, 0) is 14.3 Å². The number of aromatic nitrogens is 2. The second kappa shape index (κ2) is 18.5. The summed E-state index contributed by atoms with van der Waals surface area (Å²) in [5, 5.41) is 8.73. The molecule has 0 radical (unpaired) electrons. The van der Waals surface area contributed by atoms with E-state index in [-0.39, 0.29) is 5.91 Å². The van der Waals surface area contributed by atoms with Crippen molar-refractivity contribution in [2.24, 2.45) is 10.2 Å². The fourth-order valence-electron chi connectivity index (χ4n) is 4.12. The molecule has 0 atom stereocenters. The van der Waals surface area contributed by atoms with Crippen molar-refractivity contribution < 1.29 is 23.7 Å². The summed E-state index contributed by atoms with van der Waals surface area (Å²) in [6.07, 6.45) is 5.87. The molecule has 1 aromatic carbocycles. The first-order valence-corrected chi connectivity index (χ1v) is 15.5. The number of amidine groups is 2. The molecule has 15 heteroatoms. The molecule has 3 aromatic rings. The zero-order chi connectivity index (χ0) is 32.6. The molecule has 2 N–H and O–H groups in total. The summed E-state index contributed by atoms with van der Waals surface area (Å²) in [6, 6.07) is 14.5. The van der Waals surface area contributed by atoms with Gasteiger partial charge in [-0.05, 0) is 48.5 Å². The van der Waals surface area contributed by atoms with Crippen molar-refractivity contribution in [3.05, 3.63) is 84.7 Å². The van der Waals surface area contributed by atoms with Gasteiger partial charge >= 0.3 is 0 Å². The van der Waals surface area contributed by atoms with Crippen LogP contribution in [-0.4, -0.2) is 93.0 Å². The highest BCUT2D eigenvalue weighted by Gasteiger charge is 2.20. The van der Waals surface area contributed by atoms with Crippen LogP contribution in [0.15, 0.2) is 83.5 Å². The Bertz CT molecular complexity index is 1480. The van der Waals surface area contributed by atoms with Crippen LogP contribution in [0.4, 0.5) is 11.4 Å². The first-order valence-electron chi connectivity index (χ1n) is 14.4. The van der Waals surface area contributed by atoms with Crippen LogP contribution >= 0.6 is 23.2 Å². The molecule has 0 aliphatic carbocycles. The minimum atomic E-state index is -0.331. The van der Waals surface area contributed by atoms with Crippen LogP contribution in [0.25, 0.3) is 0 Å². The van der Waals surface area contributed by atoms with Gasteiger partial charge in [0.15, 0.2) is 11.7 Å². The molecule has 0 saturated heterocycles. The van der Waals surface area contributed by atoms with Gasteiger partial charge in [-0.3, -0.25) is 20.6 Å². The lowest BCUT2D eigenvalue weighted by Gasteiger charge is -2.22. The molecule has 46 heavy (non-hydrogen) atoms. The van der Waals surface area contributed by atoms with E-state index in [1.165, 1.54) is 17.2 Å². The van der Waals surface area contributed by atoms with Crippen LogP contribution < -0.4 is 30.1 Å². The number of halogens is 2. The van der Waals surface area contributed by atoms with E-state index in [1.54, 1.807) is 50.8 Å². The SMILES string of the molecule is COCCOCCOc1ccc(C2=NNC(c3ncccc3N(C)C(=O)/C=C/Oc3ccc(N(CCCl)CCCl)cc3)=NN2)nc1. The number of nitrogens with one attached hydrogen (secondary N) is 2. The lowest BCUT2D eigenvalue weighted by Crippen LogP contribution is -2.37. The van der Waals surface area contributed by atoms with Gasteiger partial charge in [0.25, 0.3) is 5.91 Å². The van der Waals surface area contributed by atoms with Gasteiger partial charge in [-0.2, -0.15) is 10.2 Å². The third-order valence-corrected chi connectivity index (χ3v) is 6.82. The second-order valence-corrected chi connectivity index (χ2v) is 10.3. The smallest absolute Gasteiger partial charge is 0.253 e. The molecule has 1 amide bonds. The zero-order valence-electron chi connectivity index (χ0n) is 25.6. The summed E-state index contributed by atoms with van der Waals surface area (Å²) in [5.41, 5.74) is 8.26. The molecule has 0 unspecified atom stereocenters. The summed E-state index contributed by atoms with van der Waals surface area (Å²) >= 11 is 11.8. The van der Waals surface area contributed by atoms with E-state index in [4.69, 9.17) is 42.1 Å². The number of likely N-dealkylation sites (N-methyl/N-ethyl adjacent to an activating group) is 1. The number of alkyl halides is 2. The minimum absolute atomic E-state index is 0.324. The number of anilines is 2. The number of nitrogens with zero attached hydrogens (tertiary/aromatic N) is 6. The largest absolute Gasteiger partial charge is 0.490 e. The second-order valence-electron chi connectivity index (χ2n) is 9.53. The zero-order valence-corrected chi connectivity index (χ0v) is 27.1. The van der Waals surface area contributed by atoms with Crippen LogP contribution in [0, 0.1) is 0 Å². The molecular formula is C31H36Cl2N8O5. The Labute approximate surface area is 277 Å². The van der Waals surface area contributed by atoms with Gasteiger partial charge in [-0.25, -0.2) is 4.98 Å². The third kappa shape index (κ3) is 10.0. The van der Waals surface area contributed by atoms with Gasteiger partial charge in [-0.1, -0.05) is 0 Å². The van der Waals surface area contributed by atoms with E-state index >= 15 is 0 Å². The predicted octanol–water partition coefficient (Wildman–Crippen LogP) is 3.57. The van der Waals surface area contributed by atoms with Gasteiger partial charge < -0.3 is 28.7 Å². The van der Waals surface area contributed by atoms with Crippen molar-refractivity contribution in [1.82, 2.24) is 20.8 Å². The molecule has 0 saturated carbocycles. The molecule has 1 aliphatic rings. The van der Waals surface area contributed by atoms with Crippen molar-refractivity contribution in [3.8, 4) is 11.5 Å². The Morgan fingerprint density at radius 2 is 1.61 bits per heavy atom. The standard InChI is InChI=1S/C31H36Cl2N8O5/c1-40(28(42)11-17-45-24-7-5-23(6-8-24)41(15-12-32)16-13-33)27-4-3-14-34-29(27)31-38-36-30(37-39-31)26-10-9-25(22-35-26)46-21-20-44-19-18-43-2/h3-11,14,17,22H,12-13,15-16,18-21H2,1-2H3,(H,36,37)(H,38,39)/b17-11+. The Hall–Kier alpha value is -4.43. The average molecular weight is 672 g/mol. The first-order chi connectivity index (χ1) is 22.5. The Balaban J connectivity index is 1.31. The number of ether oxygens (including phenoxy) is 4. The molecule has 0 spiro atoms. The average Bonchev–Trinajstić information content (AvgIpc) is 3.10. The normalized spacial score (nSPS) is 12.5. The van der Waals surface area contributed by atoms with E-state index in [0.717, 1.165) is 5.69 Å². The number of hydrogen-bond acceptors (Lipinski definition) is 12. The van der Waals surface area contributed by atoms with Crippen LogP contribution in [0.3, 0.4) is 0 Å². The third-order valence-electron chi connectivity index (χ3n) is 6.48. The molecule has 2 aromatic heterocycles.